The monoisotopic (exact) mass is 402 g/mol. The molecule has 6 heteroatoms. The molecule has 0 aliphatic heterocycles. The van der Waals surface area contributed by atoms with Crippen molar-refractivity contribution in [2.45, 2.75) is 24.3 Å². The van der Waals surface area contributed by atoms with Crippen molar-refractivity contribution >= 4 is 33.5 Å². The van der Waals surface area contributed by atoms with Gasteiger partial charge in [-0.25, -0.2) is 0 Å². The summed E-state index contributed by atoms with van der Waals surface area (Å²) in [4.78, 5) is 12.5. The summed E-state index contributed by atoms with van der Waals surface area (Å²) in [7, 11) is 0. The van der Waals surface area contributed by atoms with Crippen LogP contribution in [0.4, 0.5) is 0 Å². The fraction of sp³-hybridized carbons (Fsp3) is 0.167. The Kier molecular flexibility index (Phi) is 5.16. The number of hydrogen-bond donors (Lipinski definition) is 0. The van der Waals surface area contributed by atoms with E-state index in [1.165, 1.54) is 11.8 Å². The van der Waals surface area contributed by atoms with Gasteiger partial charge < -0.3 is 4.42 Å². The van der Waals surface area contributed by atoms with Crippen LogP contribution in [0.1, 0.15) is 22.8 Å². The van der Waals surface area contributed by atoms with Gasteiger partial charge >= 0.3 is 0 Å². The number of carbonyl (C=O) groups is 1. The molecule has 2 aromatic carbocycles. The van der Waals surface area contributed by atoms with Crippen molar-refractivity contribution in [1.82, 2.24) is 10.2 Å². The molecule has 0 saturated carbocycles. The van der Waals surface area contributed by atoms with Gasteiger partial charge in [-0.05, 0) is 32.0 Å². The Balaban J connectivity index is 1.72. The third-order valence-electron chi connectivity index (χ3n) is 3.46. The molecule has 0 saturated heterocycles. The van der Waals surface area contributed by atoms with Crippen LogP contribution in [0.25, 0.3) is 11.5 Å². The summed E-state index contributed by atoms with van der Waals surface area (Å²) in [5.74, 6) is 0.482. The van der Waals surface area contributed by atoms with Crippen LogP contribution >= 0.6 is 27.7 Å². The van der Waals surface area contributed by atoms with E-state index in [4.69, 9.17) is 4.42 Å². The first-order valence-electron chi connectivity index (χ1n) is 7.40. The first kappa shape index (κ1) is 16.9. The molecule has 3 rings (SSSR count). The Bertz CT molecular complexity index is 861. The molecule has 1 atom stereocenters. The minimum atomic E-state index is -0.302. The maximum atomic E-state index is 12.5. The number of Topliss-reactive ketones (excluding diaryl/α,β-unsaturated/α-hetero) is 1. The van der Waals surface area contributed by atoms with Crippen LogP contribution < -0.4 is 0 Å². The molecule has 1 aromatic heterocycles. The van der Waals surface area contributed by atoms with Crippen LogP contribution in [0, 0.1) is 6.92 Å². The van der Waals surface area contributed by atoms with Crippen LogP contribution in [0.5, 0.6) is 0 Å². The van der Waals surface area contributed by atoms with Gasteiger partial charge in [-0.3, -0.25) is 4.79 Å². The second kappa shape index (κ2) is 7.32. The van der Waals surface area contributed by atoms with Gasteiger partial charge in [-0.15, -0.1) is 10.2 Å². The van der Waals surface area contributed by atoms with Gasteiger partial charge in [-0.2, -0.15) is 0 Å². The molecular formula is C18H15BrN2O2S. The number of ketones is 1. The lowest BCUT2D eigenvalue weighted by atomic mass is 10.1. The van der Waals surface area contributed by atoms with E-state index < -0.39 is 0 Å². The average molecular weight is 403 g/mol. The second-order valence-electron chi connectivity index (χ2n) is 5.37. The van der Waals surface area contributed by atoms with Crippen molar-refractivity contribution in [3.8, 4) is 11.5 Å². The Morgan fingerprint density at radius 1 is 1.17 bits per heavy atom. The largest absolute Gasteiger partial charge is 0.411 e. The molecule has 1 heterocycles. The normalized spacial score (nSPS) is 12.1. The minimum absolute atomic E-state index is 0.0437. The fourth-order valence-corrected chi connectivity index (χ4v) is 3.31. The standard InChI is InChI=1S/C18H15BrN2O2S/c1-11-6-8-13(9-7-11)16(22)12(2)24-18-21-20-17(23-18)14-4-3-5-15(19)10-14/h3-10,12H,1-2H3/t12-/m1/s1. The summed E-state index contributed by atoms with van der Waals surface area (Å²) in [6.07, 6.45) is 0. The summed E-state index contributed by atoms with van der Waals surface area (Å²) in [6, 6.07) is 15.2. The number of benzene rings is 2. The van der Waals surface area contributed by atoms with Gasteiger partial charge in [0.25, 0.3) is 5.22 Å². The Morgan fingerprint density at radius 3 is 2.62 bits per heavy atom. The van der Waals surface area contributed by atoms with E-state index in [9.17, 15) is 4.79 Å². The van der Waals surface area contributed by atoms with E-state index in [1.54, 1.807) is 0 Å². The van der Waals surface area contributed by atoms with Crippen molar-refractivity contribution in [1.29, 1.82) is 0 Å². The highest BCUT2D eigenvalue weighted by Crippen LogP contribution is 2.28. The van der Waals surface area contributed by atoms with Crippen molar-refractivity contribution in [3.63, 3.8) is 0 Å². The highest BCUT2D eigenvalue weighted by atomic mass is 79.9. The van der Waals surface area contributed by atoms with E-state index in [1.807, 2.05) is 62.4 Å². The molecule has 0 bridgehead atoms. The predicted molar refractivity (Wildman–Crippen MR) is 98.3 cm³/mol. The quantitative estimate of drug-likeness (QED) is 0.435. The molecule has 0 unspecified atom stereocenters. The SMILES string of the molecule is Cc1ccc(C(=O)[C@@H](C)Sc2nnc(-c3cccc(Br)c3)o2)cc1. The maximum Gasteiger partial charge on any atom is 0.277 e. The molecule has 3 aromatic rings. The van der Waals surface area contributed by atoms with Crippen molar-refractivity contribution in [2.24, 2.45) is 0 Å². The molecule has 4 nitrogen and oxygen atoms in total. The lowest BCUT2D eigenvalue weighted by molar-refractivity contribution is 0.0993. The molecule has 122 valence electrons. The van der Waals surface area contributed by atoms with Gasteiger partial charge in [0, 0.05) is 15.6 Å². The summed E-state index contributed by atoms with van der Waals surface area (Å²) >= 11 is 4.69. The molecular weight excluding hydrogens is 388 g/mol. The third kappa shape index (κ3) is 3.94. The summed E-state index contributed by atoms with van der Waals surface area (Å²) < 4.78 is 6.61. The zero-order valence-electron chi connectivity index (χ0n) is 13.2. The molecule has 0 aliphatic rings. The second-order valence-corrected chi connectivity index (χ2v) is 7.58. The van der Waals surface area contributed by atoms with Crippen LogP contribution in [0.3, 0.4) is 0 Å². The zero-order valence-corrected chi connectivity index (χ0v) is 15.6. The van der Waals surface area contributed by atoms with Gasteiger partial charge in [0.1, 0.15) is 0 Å². The number of rotatable bonds is 5. The fourth-order valence-electron chi connectivity index (χ4n) is 2.15. The maximum absolute atomic E-state index is 12.5. The van der Waals surface area contributed by atoms with Gasteiger partial charge in [0.05, 0.1) is 5.25 Å². The van der Waals surface area contributed by atoms with Gasteiger partial charge in [-0.1, -0.05) is 63.6 Å². The minimum Gasteiger partial charge on any atom is -0.411 e. The lowest BCUT2D eigenvalue weighted by Gasteiger charge is -2.07. The van der Waals surface area contributed by atoms with E-state index >= 15 is 0 Å². The van der Waals surface area contributed by atoms with Crippen molar-refractivity contribution in [3.05, 3.63) is 64.1 Å². The number of halogens is 1. The van der Waals surface area contributed by atoms with E-state index in [0.29, 0.717) is 16.7 Å². The molecule has 0 radical (unpaired) electrons. The Morgan fingerprint density at radius 2 is 1.92 bits per heavy atom. The number of hydrogen-bond acceptors (Lipinski definition) is 5. The number of aryl methyl sites for hydroxylation is 1. The Hall–Kier alpha value is -1.92. The van der Waals surface area contributed by atoms with Crippen molar-refractivity contribution in [2.75, 3.05) is 0 Å². The number of thioether (sulfide) groups is 1. The van der Waals surface area contributed by atoms with E-state index in [-0.39, 0.29) is 11.0 Å². The van der Waals surface area contributed by atoms with Gasteiger partial charge in [0.2, 0.25) is 5.89 Å². The summed E-state index contributed by atoms with van der Waals surface area (Å²) in [5.41, 5.74) is 2.65. The van der Waals surface area contributed by atoms with Crippen LogP contribution in [-0.2, 0) is 0 Å². The number of nitrogens with zero attached hydrogens (tertiary/aromatic N) is 2. The molecule has 0 amide bonds. The third-order valence-corrected chi connectivity index (χ3v) is 4.89. The summed E-state index contributed by atoms with van der Waals surface area (Å²) in [6.45, 7) is 3.84. The molecule has 0 aliphatic carbocycles. The molecule has 24 heavy (non-hydrogen) atoms. The number of carbonyl (C=O) groups excluding carboxylic acids is 1. The Labute approximate surface area is 152 Å². The zero-order chi connectivity index (χ0) is 17.1. The highest BCUT2D eigenvalue weighted by Gasteiger charge is 2.20. The first-order valence-corrected chi connectivity index (χ1v) is 9.07. The summed E-state index contributed by atoms with van der Waals surface area (Å²) in [5, 5.41) is 8.17. The van der Waals surface area contributed by atoms with Crippen LogP contribution in [0.2, 0.25) is 0 Å². The first-order chi connectivity index (χ1) is 11.5. The lowest BCUT2D eigenvalue weighted by Crippen LogP contribution is -2.13. The highest BCUT2D eigenvalue weighted by molar-refractivity contribution is 9.10. The number of aromatic nitrogens is 2. The van der Waals surface area contributed by atoms with Crippen LogP contribution in [-0.4, -0.2) is 21.2 Å². The van der Waals surface area contributed by atoms with Crippen LogP contribution in [0.15, 0.2) is 62.6 Å². The predicted octanol–water partition coefficient (Wildman–Crippen LogP) is 5.17. The topological polar surface area (TPSA) is 56.0 Å². The molecule has 0 N–H and O–H groups in total. The van der Waals surface area contributed by atoms with Gasteiger partial charge in [0.15, 0.2) is 5.78 Å². The average Bonchev–Trinajstić information content (AvgIpc) is 3.03. The van der Waals surface area contributed by atoms with E-state index in [0.717, 1.165) is 15.6 Å². The smallest absolute Gasteiger partial charge is 0.277 e. The molecule has 0 fully saturated rings. The molecule has 0 spiro atoms. The van der Waals surface area contributed by atoms with E-state index in [2.05, 4.69) is 26.1 Å². The van der Waals surface area contributed by atoms with Crippen molar-refractivity contribution < 1.29 is 9.21 Å².